The van der Waals surface area contributed by atoms with E-state index in [1.807, 2.05) is 18.4 Å². The summed E-state index contributed by atoms with van der Waals surface area (Å²) < 4.78 is 5.30. The summed E-state index contributed by atoms with van der Waals surface area (Å²) in [5, 5.41) is 4.20. The molecule has 3 nitrogen and oxygen atoms in total. The summed E-state index contributed by atoms with van der Waals surface area (Å²) in [4.78, 5) is 7.29. The van der Waals surface area contributed by atoms with Crippen LogP contribution >= 0.6 is 23.4 Å². The quantitative estimate of drug-likeness (QED) is 0.429. The van der Waals surface area contributed by atoms with Gasteiger partial charge in [0.15, 0.2) is 0 Å². The van der Waals surface area contributed by atoms with E-state index in [0.717, 1.165) is 41.4 Å². The standard InChI is InChI=1S/C24H27ClN2OS/c1-4-16(2)9-12-29-17(3)24-23-20(21-13-19(25)5-6-22(21)26-23)7-10-27(24)14-18-8-11-28-15-18/h5-6,8-9,11-13,15-16,24,26H,3-4,7,10,14H2,1-2H3. The molecule has 4 rings (SSSR count). The number of aromatic nitrogens is 1. The molecular formula is C24H27ClN2OS. The number of nitrogens with one attached hydrogen (secondary N) is 1. The molecule has 0 saturated heterocycles. The third kappa shape index (κ3) is 4.35. The van der Waals surface area contributed by atoms with Gasteiger partial charge in [-0.25, -0.2) is 0 Å². The maximum atomic E-state index is 6.29. The Morgan fingerprint density at radius 2 is 2.31 bits per heavy atom. The van der Waals surface area contributed by atoms with E-state index in [0.29, 0.717) is 5.92 Å². The summed E-state index contributed by atoms with van der Waals surface area (Å²) in [5.41, 5.74) is 4.93. The fraction of sp³-hybridized carbons (Fsp3) is 0.333. The van der Waals surface area contributed by atoms with Crippen LogP contribution in [0.5, 0.6) is 0 Å². The van der Waals surface area contributed by atoms with Crippen molar-refractivity contribution in [1.82, 2.24) is 9.88 Å². The zero-order valence-corrected chi connectivity index (χ0v) is 18.5. The van der Waals surface area contributed by atoms with Crippen molar-refractivity contribution in [3.05, 3.63) is 81.6 Å². The number of H-pyrrole nitrogens is 1. The van der Waals surface area contributed by atoms with Crippen LogP contribution in [0, 0.1) is 5.92 Å². The lowest BCUT2D eigenvalue weighted by atomic mass is 9.96. The summed E-state index contributed by atoms with van der Waals surface area (Å²) in [6.45, 7) is 10.7. The van der Waals surface area contributed by atoms with E-state index in [1.54, 1.807) is 18.0 Å². The molecular weight excluding hydrogens is 400 g/mol. The van der Waals surface area contributed by atoms with Gasteiger partial charge in [0, 0.05) is 45.2 Å². The van der Waals surface area contributed by atoms with Crippen molar-refractivity contribution in [2.24, 2.45) is 5.92 Å². The Morgan fingerprint density at radius 3 is 3.07 bits per heavy atom. The second kappa shape index (κ2) is 8.86. The highest BCUT2D eigenvalue weighted by Crippen LogP contribution is 2.42. The molecule has 0 amide bonds. The maximum Gasteiger partial charge on any atom is 0.0947 e. The lowest BCUT2D eigenvalue weighted by Gasteiger charge is -2.36. The normalized spacial score (nSPS) is 18.4. The minimum absolute atomic E-state index is 0.117. The Bertz CT molecular complexity index is 1020. The molecule has 1 aliphatic rings. The lowest BCUT2D eigenvalue weighted by molar-refractivity contribution is 0.205. The lowest BCUT2D eigenvalue weighted by Crippen LogP contribution is -2.35. The third-order valence-corrected chi connectivity index (χ3v) is 6.78. The number of rotatable bonds is 7. The van der Waals surface area contributed by atoms with E-state index in [4.69, 9.17) is 16.0 Å². The van der Waals surface area contributed by atoms with Gasteiger partial charge in [0.1, 0.15) is 0 Å². The Hall–Kier alpha value is -1.88. The van der Waals surface area contributed by atoms with Crippen LogP contribution in [-0.2, 0) is 13.0 Å². The van der Waals surface area contributed by atoms with Gasteiger partial charge in [-0.05, 0) is 47.6 Å². The van der Waals surface area contributed by atoms with Gasteiger partial charge in [0.2, 0.25) is 0 Å². The molecule has 0 fully saturated rings. The minimum Gasteiger partial charge on any atom is -0.472 e. The van der Waals surface area contributed by atoms with Crippen LogP contribution in [0.4, 0.5) is 0 Å². The van der Waals surface area contributed by atoms with Crippen LogP contribution in [0.15, 0.2) is 64.2 Å². The first-order valence-corrected chi connectivity index (χ1v) is 11.4. The van der Waals surface area contributed by atoms with Gasteiger partial charge in [-0.3, -0.25) is 4.90 Å². The SMILES string of the molecule is C=C(SC=CC(C)CC)C1c2[nH]c3ccc(Cl)cc3c2CCN1Cc1ccoc1. The summed E-state index contributed by atoms with van der Waals surface area (Å²) in [5.74, 6) is 0.578. The van der Waals surface area contributed by atoms with Gasteiger partial charge in [0.25, 0.3) is 0 Å². The number of hydrogen-bond donors (Lipinski definition) is 1. The van der Waals surface area contributed by atoms with Crippen molar-refractivity contribution in [2.45, 2.75) is 39.3 Å². The van der Waals surface area contributed by atoms with Crippen LogP contribution in [0.2, 0.25) is 5.02 Å². The highest BCUT2D eigenvalue weighted by molar-refractivity contribution is 8.05. The van der Waals surface area contributed by atoms with Crippen LogP contribution in [0.3, 0.4) is 0 Å². The first kappa shape index (κ1) is 20.4. The number of furan rings is 1. The van der Waals surface area contributed by atoms with E-state index < -0.39 is 0 Å². The van der Waals surface area contributed by atoms with Crippen LogP contribution in [-0.4, -0.2) is 16.4 Å². The fourth-order valence-electron chi connectivity index (χ4n) is 3.92. The van der Waals surface area contributed by atoms with Crippen molar-refractivity contribution >= 4 is 34.3 Å². The molecule has 1 N–H and O–H groups in total. The monoisotopic (exact) mass is 426 g/mol. The zero-order chi connectivity index (χ0) is 20.4. The van der Waals surface area contributed by atoms with Crippen molar-refractivity contribution < 1.29 is 4.42 Å². The molecule has 5 heteroatoms. The first-order valence-electron chi connectivity index (χ1n) is 10.1. The molecule has 0 radical (unpaired) electrons. The van der Waals surface area contributed by atoms with E-state index in [1.165, 1.54) is 22.2 Å². The highest BCUT2D eigenvalue weighted by atomic mass is 35.5. The van der Waals surface area contributed by atoms with E-state index in [2.05, 4.69) is 53.9 Å². The number of halogens is 1. The number of hydrogen-bond acceptors (Lipinski definition) is 3. The molecule has 2 aromatic heterocycles. The third-order valence-electron chi connectivity index (χ3n) is 5.73. The second-order valence-electron chi connectivity index (χ2n) is 7.76. The topological polar surface area (TPSA) is 32.2 Å². The molecule has 29 heavy (non-hydrogen) atoms. The van der Waals surface area contributed by atoms with E-state index in [9.17, 15) is 0 Å². The summed E-state index contributed by atoms with van der Waals surface area (Å²) in [6, 6.07) is 8.25. The van der Waals surface area contributed by atoms with E-state index >= 15 is 0 Å². The van der Waals surface area contributed by atoms with Crippen molar-refractivity contribution in [3.8, 4) is 0 Å². The van der Waals surface area contributed by atoms with Gasteiger partial charge in [-0.2, -0.15) is 0 Å². The molecule has 152 valence electrons. The number of thioether (sulfide) groups is 1. The second-order valence-corrected chi connectivity index (χ2v) is 9.23. The molecule has 0 saturated carbocycles. The van der Waals surface area contributed by atoms with Crippen molar-refractivity contribution in [3.63, 3.8) is 0 Å². The smallest absolute Gasteiger partial charge is 0.0947 e. The average molecular weight is 427 g/mol. The minimum atomic E-state index is 0.117. The van der Waals surface area contributed by atoms with Gasteiger partial charge in [0.05, 0.1) is 18.6 Å². The predicted molar refractivity (Wildman–Crippen MR) is 124 cm³/mol. The summed E-state index contributed by atoms with van der Waals surface area (Å²) in [6.07, 6.45) is 7.97. The number of benzene rings is 1. The number of allylic oxidation sites excluding steroid dienone is 1. The average Bonchev–Trinajstić information content (AvgIpc) is 3.34. The molecule has 1 aliphatic heterocycles. The molecule has 2 atom stereocenters. The largest absolute Gasteiger partial charge is 0.472 e. The Kier molecular flexibility index (Phi) is 6.23. The molecule has 0 aliphatic carbocycles. The molecule has 3 aromatic rings. The van der Waals surface area contributed by atoms with Crippen molar-refractivity contribution in [2.75, 3.05) is 6.54 Å². The predicted octanol–water partition coefficient (Wildman–Crippen LogP) is 7.32. The maximum absolute atomic E-state index is 6.29. The Morgan fingerprint density at radius 1 is 1.45 bits per heavy atom. The Balaban J connectivity index is 1.68. The van der Waals surface area contributed by atoms with Crippen LogP contribution in [0.25, 0.3) is 10.9 Å². The van der Waals surface area contributed by atoms with Crippen LogP contribution in [0.1, 0.15) is 43.1 Å². The summed E-state index contributed by atoms with van der Waals surface area (Å²) >= 11 is 8.02. The highest BCUT2D eigenvalue weighted by Gasteiger charge is 2.32. The number of aromatic amines is 1. The molecule has 0 spiro atoms. The van der Waals surface area contributed by atoms with Crippen LogP contribution < -0.4 is 0 Å². The van der Waals surface area contributed by atoms with Gasteiger partial charge in [-0.1, -0.05) is 44.5 Å². The Labute approximate surface area is 181 Å². The number of fused-ring (bicyclic) bond motifs is 3. The number of nitrogens with zero attached hydrogens (tertiary/aromatic N) is 1. The van der Waals surface area contributed by atoms with Gasteiger partial charge >= 0.3 is 0 Å². The molecule has 3 heterocycles. The van der Waals surface area contributed by atoms with E-state index in [-0.39, 0.29) is 6.04 Å². The fourth-order valence-corrected chi connectivity index (χ4v) is 5.01. The molecule has 1 aromatic carbocycles. The van der Waals surface area contributed by atoms with Crippen molar-refractivity contribution in [1.29, 1.82) is 0 Å². The summed E-state index contributed by atoms with van der Waals surface area (Å²) in [7, 11) is 0. The zero-order valence-electron chi connectivity index (χ0n) is 17.0. The first-order chi connectivity index (χ1) is 14.1. The van der Waals surface area contributed by atoms with Gasteiger partial charge in [-0.15, -0.1) is 11.8 Å². The molecule has 0 bridgehead atoms. The molecule has 2 unspecified atom stereocenters. The van der Waals surface area contributed by atoms with Gasteiger partial charge < -0.3 is 9.40 Å².